The third-order valence-electron chi connectivity index (χ3n) is 4.25. The molecule has 0 atom stereocenters. The van der Waals surface area contributed by atoms with Gasteiger partial charge in [0.05, 0.1) is 22.7 Å². The minimum absolute atomic E-state index is 0.137. The molecule has 1 aromatic heterocycles. The predicted octanol–water partition coefficient (Wildman–Crippen LogP) is 2.96. The Labute approximate surface area is 155 Å². The zero-order chi connectivity index (χ0) is 19.5. The molecule has 0 spiro atoms. The van der Waals surface area contributed by atoms with Crippen molar-refractivity contribution in [3.8, 4) is 0 Å². The highest BCUT2D eigenvalue weighted by atomic mass is 32.2. The van der Waals surface area contributed by atoms with Crippen LogP contribution < -0.4 is 9.62 Å². The number of anilines is 1. The van der Waals surface area contributed by atoms with E-state index < -0.39 is 26.7 Å². The van der Waals surface area contributed by atoms with Crippen LogP contribution in [0.15, 0.2) is 41.4 Å². The number of sulfonamides is 1. The lowest BCUT2D eigenvalue weighted by Gasteiger charge is -2.26. The Hall–Kier alpha value is -2.20. The quantitative estimate of drug-likeness (QED) is 0.835. The van der Waals surface area contributed by atoms with Crippen molar-refractivity contribution in [1.29, 1.82) is 0 Å². The maximum atomic E-state index is 12.8. The van der Waals surface area contributed by atoms with Gasteiger partial charge >= 0.3 is 6.18 Å². The molecule has 146 valence electrons. The number of hydrogen-bond acceptors (Lipinski definition) is 5. The molecule has 0 radical (unpaired) electrons. The Morgan fingerprint density at radius 3 is 2.56 bits per heavy atom. The van der Waals surface area contributed by atoms with E-state index in [1.54, 1.807) is 12.3 Å². The second-order valence-electron chi connectivity index (χ2n) is 6.25. The topological polar surface area (TPSA) is 75.2 Å². The van der Waals surface area contributed by atoms with E-state index in [2.05, 4.69) is 14.7 Å². The van der Waals surface area contributed by atoms with E-state index in [0.29, 0.717) is 17.7 Å². The average Bonchev–Trinajstić information content (AvgIpc) is 2.67. The molecule has 0 saturated carbocycles. The Morgan fingerprint density at radius 2 is 1.85 bits per heavy atom. The molecule has 6 nitrogen and oxygen atoms in total. The van der Waals surface area contributed by atoms with Gasteiger partial charge in [-0.1, -0.05) is 6.07 Å². The van der Waals surface area contributed by atoms with Crippen molar-refractivity contribution in [3.63, 3.8) is 0 Å². The number of nitrogens with zero attached hydrogens (tertiary/aromatic N) is 3. The highest BCUT2D eigenvalue weighted by Gasteiger charge is 2.31. The molecule has 1 aliphatic heterocycles. The van der Waals surface area contributed by atoms with Crippen LogP contribution in [0.1, 0.15) is 30.5 Å². The maximum Gasteiger partial charge on any atom is 0.416 e. The molecule has 3 rings (SSSR count). The molecular weight excluding hydrogens is 381 g/mol. The summed E-state index contributed by atoms with van der Waals surface area (Å²) in [5.74, 6) is 0.533. The first-order valence-corrected chi connectivity index (χ1v) is 9.98. The van der Waals surface area contributed by atoms with Crippen LogP contribution in [0.4, 0.5) is 19.1 Å². The molecule has 1 saturated heterocycles. The Balaban J connectivity index is 1.72. The lowest BCUT2D eigenvalue weighted by Crippen LogP contribution is -2.31. The normalized spacial score (nSPS) is 15.7. The van der Waals surface area contributed by atoms with Crippen LogP contribution in [0.3, 0.4) is 0 Å². The molecule has 0 bridgehead atoms. The first kappa shape index (κ1) is 19.6. The molecule has 10 heteroatoms. The molecule has 1 fully saturated rings. The molecule has 1 aliphatic rings. The van der Waals surface area contributed by atoms with E-state index in [1.165, 1.54) is 0 Å². The van der Waals surface area contributed by atoms with Crippen LogP contribution >= 0.6 is 0 Å². The SMILES string of the molecule is O=S(=O)(NCc1ccnc(N2CCCCC2)n1)c1cccc(C(F)(F)F)c1. The summed E-state index contributed by atoms with van der Waals surface area (Å²) in [5.41, 5.74) is -0.569. The zero-order valence-electron chi connectivity index (χ0n) is 14.4. The second-order valence-corrected chi connectivity index (χ2v) is 8.01. The van der Waals surface area contributed by atoms with Gasteiger partial charge in [0.1, 0.15) is 0 Å². The monoisotopic (exact) mass is 400 g/mol. The maximum absolute atomic E-state index is 12.8. The molecule has 1 aromatic carbocycles. The summed E-state index contributed by atoms with van der Waals surface area (Å²) in [6.07, 6.45) is 0.199. The van der Waals surface area contributed by atoms with E-state index in [-0.39, 0.29) is 6.54 Å². The molecule has 0 amide bonds. The van der Waals surface area contributed by atoms with Crippen molar-refractivity contribution in [1.82, 2.24) is 14.7 Å². The smallest absolute Gasteiger partial charge is 0.341 e. The number of nitrogens with one attached hydrogen (secondary N) is 1. The number of halogens is 3. The summed E-state index contributed by atoms with van der Waals surface area (Å²) < 4.78 is 65.3. The molecule has 2 aromatic rings. The summed E-state index contributed by atoms with van der Waals surface area (Å²) >= 11 is 0. The summed E-state index contributed by atoms with van der Waals surface area (Å²) in [6, 6.07) is 5.20. The Bertz CT molecular complexity index is 897. The van der Waals surface area contributed by atoms with E-state index in [0.717, 1.165) is 50.6 Å². The van der Waals surface area contributed by atoms with E-state index in [9.17, 15) is 21.6 Å². The standard InChI is InChI=1S/C17H19F3N4O2S/c18-17(19,20)13-5-4-6-15(11-13)27(25,26)22-12-14-7-8-21-16(23-14)24-9-2-1-3-10-24/h4-8,11,22H,1-3,9-10,12H2. The largest absolute Gasteiger partial charge is 0.416 e. The van der Waals surface area contributed by atoms with Gasteiger partial charge in [0.25, 0.3) is 0 Å². The van der Waals surface area contributed by atoms with Gasteiger partial charge in [0.15, 0.2) is 0 Å². The van der Waals surface area contributed by atoms with Gasteiger partial charge in [-0.3, -0.25) is 0 Å². The van der Waals surface area contributed by atoms with E-state index in [4.69, 9.17) is 0 Å². The van der Waals surface area contributed by atoms with E-state index in [1.807, 2.05) is 4.90 Å². The first-order chi connectivity index (χ1) is 12.8. The summed E-state index contributed by atoms with van der Waals surface area (Å²) in [7, 11) is -4.10. The van der Waals surface area contributed by atoms with Gasteiger partial charge in [-0.05, 0) is 43.5 Å². The van der Waals surface area contributed by atoms with Crippen LogP contribution in [-0.4, -0.2) is 31.5 Å². The molecule has 27 heavy (non-hydrogen) atoms. The Kier molecular flexibility index (Phi) is 5.66. The third kappa shape index (κ3) is 4.95. The van der Waals surface area contributed by atoms with Crippen molar-refractivity contribution in [2.45, 2.75) is 36.9 Å². The highest BCUT2D eigenvalue weighted by molar-refractivity contribution is 7.89. The molecular formula is C17H19F3N4O2S. The van der Waals surface area contributed by atoms with Crippen molar-refractivity contribution < 1.29 is 21.6 Å². The van der Waals surface area contributed by atoms with Crippen LogP contribution in [0.25, 0.3) is 0 Å². The van der Waals surface area contributed by atoms with Gasteiger partial charge in [0.2, 0.25) is 16.0 Å². The van der Waals surface area contributed by atoms with Crippen molar-refractivity contribution in [2.75, 3.05) is 18.0 Å². The number of benzene rings is 1. The highest BCUT2D eigenvalue weighted by Crippen LogP contribution is 2.30. The summed E-state index contributed by atoms with van der Waals surface area (Å²) in [4.78, 5) is 10.2. The van der Waals surface area contributed by atoms with Crippen molar-refractivity contribution >= 4 is 16.0 Å². The minimum Gasteiger partial charge on any atom is -0.341 e. The fraction of sp³-hybridized carbons (Fsp3) is 0.412. The number of alkyl halides is 3. The Morgan fingerprint density at radius 1 is 1.11 bits per heavy atom. The van der Waals surface area contributed by atoms with Crippen LogP contribution in [0.5, 0.6) is 0 Å². The molecule has 0 unspecified atom stereocenters. The lowest BCUT2D eigenvalue weighted by atomic mass is 10.1. The fourth-order valence-corrected chi connectivity index (χ4v) is 3.87. The molecule has 2 heterocycles. The first-order valence-electron chi connectivity index (χ1n) is 8.49. The summed E-state index contributed by atoms with van der Waals surface area (Å²) in [6.45, 7) is 1.56. The zero-order valence-corrected chi connectivity index (χ0v) is 15.2. The fourth-order valence-electron chi connectivity index (χ4n) is 2.82. The van der Waals surface area contributed by atoms with Crippen molar-refractivity contribution in [2.24, 2.45) is 0 Å². The van der Waals surface area contributed by atoms with Gasteiger partial charge in [-0.25, -0.2) is 23.1 Å². The van der Waals surface area contributed by atoms with Gasteiger partial charge in [-0.15, -0.1) is 0 Å². The summed E-state index contributed by atoms with van der Waals surface area (Å²) in [5, 5.41) is 0. The van der Waals surface area contributed by atoms with Crippen LogP contribution in [0.2, 0.25) is 0 Å². The predicted molar refractivity (Wildman–Crippen MR) is 93.6 cm³/mol. The number of aromatic nitrogens is 2. The number of rotatable bonds is 5. The lowest BCUT2D eigenvalue weighted by molar-refractivity contribution is -0.137. The van der Waals surface area contributed by atoms with Crippen LogP contribution in [0, 0.1) is 0 Å². The van der Waals surface area contributed by atoms with Gasteiger partial charge < -0.3 is 4.90 Å². The van der Waals surface area contributed by atoms with E-state index >= 15 is 0 Å². The molecule has 0 aliphatic carbocycles. The number of hydrogen-bond donors (Lipinski definition) is 1. The second kappa shape index (κ2) is 7.81. The van der Waals surface area contributed by atoms with Crippen molar-refractivity contribution in [3.05, 3.63) is 47.8 Å². The molecule has 1 N–H and O–H groups in total. The third-order valence-corrected chi connectivity index (χ3v) is 5.65. The van der Waals surface area contributed by atoms with Gasteiger partial charge in [0, 0.05) is 19.3 Å². The average molecular weight is 400 g/mol. The number of piperidine rings is 1. The van der Waals surface area contributed by atoms with Gasteiger partial charge in [-0.2, -0.15) is 13.2 Å². The minimum atomic E-state index is -4.61. The van der Waals surface area contributed by atoms with Crippen LogP contribution in [-0.2, 0) is 22.7 Å².